The summed E-state index contributed by atoms with van der Waals surface area (Å²) in [5, 5.41) is 6.93. The van der Waals surface area contributed by atoms with E-state index in [1.54, 1.807) is 23.1 Å². The van der Waals surface area contributed by atoms with Crippen molar-refractivity contribution >= 4 is 27.5 Å². The fourth-order valence-corrected chi connectivity index (χ4v) is 3.24. The first kappa shape index (κ1) is 15.9. The Kier molecular flexibility index (Phi) is 3.84. The molecule has 126 valence electrons. The average molecular weight is 406 g/mol. The molecule has 1 aliphatic rings. The Bertz CT molecular complexity index is 974. The van der Waals surface area contributed by atoms with Gasteiger partial charge in [-0.15, -0.1) is 10.2 Å². The highest BCUT2D eigenvalue weighted by atomic mass is 79.9. The molecule has 2 aromatic carbocycles. The lowest BCUT2D eigenvalue weighted by molar-refractivity contribution is 0.0996. The summed E-state index contributed by atoms with van der Waals surface area (Å²) in [6.07, 6.45) is -2.83. The second-order valence-corrected chi connectivity index (χ2v) is 6.32. The molecule has 1 amide bonds. The SMILES string of the molecule is O=C1c2cc(-c3nnc(C(F)F)o3)ccc2CN1c1ccccc1Br. The zero-order valence-corrected chi connectivity index (χ0v) is 14.2. The van der Waals surface area contributed by atoms with Crippen molar-refractivity contribution in [3.05, 3.63) is 64.0 Å². The van der Waals surface area contributed by atoms with E-state index in [-0.39, 0.29) is 11.8 Å². The van der Waals surface area contributed by atoms with Gasteiger partial charge in [-0.3, -0.25) is 4.79 Å². The number of fused-ring (bicyclic) bond motifs is 1. The summed E-state index contributed by atoms with van der Waals surface area (Å²) in [4.78, 5) is 14.4. The van der Waals surface area contributed by atoms with Gasteiger partial charge < -0.3 is 9.32 Å². The van der Waals surface area contributed by atoms with Crippen LogP contribution in [-0.2, 0) is 6.54 Å². The Hall–Kier alpha value is -2.61. The fourth-order valence-electron chi connectivity index (χ4n) is 2.74. The van der Waals surface area contributed by atoms with E-state index in [1.165, 1.54) is 0 Å². The molecule has 8 heteroatoms. The molecule has 1 aliphatic heterocycles. The fraction of sp³-hybridized carbons (Fsp3) is 0.118. The van der Waals surface area contributed by atoms with Gasteiger partial charge in [-0.25, -0.2) is 0 Å². The maximum atomic E-state index is 12.8. The predicted octanol–water partition coefficient (Wildman–Crippen LogP) is 4.60. The van der Waals surface area contributed by atoms with E-state index in [0.29, 0.717) is 17.7 Å². The molecule has 0 spiro atoms. The first-order chi connectivity index (χ1) is 12.0. The van der Waals surface area contributed by atoms with Crippen molar-refractivity contribution in [2.24, 2.45) is 0 Å². The van der Waals surface area contributed by atoms with Crippen molar-refractivity contribution in [2.45, 2.75) is 13.0 Å². The monoisotopic (exact) mass is 405 g/mol. The zero-order chi connectivity index (χ0) is 17.6. The summed E-state index contributed by atoms with van der Waals surface area (Å²) in [6.45, 7) is 0.434. The smallest absolute Gasteiger partial charge is 0.314 e. The molecule has 0 radical (unpaired) electrons. The largest absolute Gasteiger partial charge is 0.415 e. The highest BCUT2D eigenvalue weighted by Crippen LogP contribution is 2.35. The Labute approximate surface area is 149 Å². The minimum atomic E-state index is -2.83. The molecule has 3 aromatic rings. The van der Waals surface area contributed by atoms with Crippen LogP contribution in [0, 0.1) is 0 Å². The van der Waals surface area contributed by atoms with Crippen molar-refractivity contribution in [1.82, 2.24) is 10.2 Å². The number of anilines is 1. The van der Waals surface area contributed by atoms with Crippen molar-refractivity contribution in [3.8, 4) is 11.5 Å². The molecule has 2 heterocycles. The maximum absolute atomic E-state index is 12.8. The normalized spacial score (nSPS) is 13.6. The van der Waals surface area contributed by atoms with Gasteiger partial charge in [0.15, 0.2) is 0 Å². The number of alkyl halides is 2. The molecular weight excluding hydrogens is 396 g/mol. The minimum Gasteiger partial charge on any atom is -0.415 e. The maximum Gasteiger partial charge on any atom is 0.314 e. The highest BCUT2D eigenvalue weighted by molar-refractivity contribution is 9.10. The van der Waals surface area contributed by atoms with Gasteiger partial charge in [0.1, 0.15) is 0 Å². The van der Waals surface area contributed by atoms with E-state index in [4.69, 9.17) is 4.42 Å². The number of benzene rings is 2. The lowest BCUT2D eigenvalue weighted by Crippen LogP contribution is -2.23. The van der Waals surface area contributed by atoms with Crippen molar-refractivity contribution in [3.63, 3.8) is 0 Å². The van der Waals surface area contributed by atoms with E-state index in [9.17, 15) is 13.6 Å². The summed E-state index contributed by atoms with van der Waals surface area (Å²) >= 11 is 3.45. The third-order valence-corrected chi connectivity index (χ3v) is 4.60. The molecule has 0 atom stereocenters. The van der Waals surface area contributed by atoms with E-state index in [0.717, 1.165) is 15.7 Å². The molecule has 5 nitrogen and oxygen atoms in total. The summed E-state index contributed by atoms with van der Waals surface area (Å²) in [5.74, 6) is -0.945. The number of amides is 1. The van der Waals surface area contributed by atoms with E-state index >= 15 is 0 Å². The summed E-state index contributed by atoms with van der Waals surface area (Å²) in [5.41, 5.74) is 2.53. The lowest BCUT2D eigenvalue weighted by atomic mass is 10.1. The third-order valence-electron chi connectivity index (χ3n) is 3.93. The number of carbonyl (C=O) groups excluding carboxylic acids is 1. The number of halogens is 3. The van der Waals surface area contributed by atoms with Crippen LogP contribution in [0.5, 0.6) is 0 Å². The van der Waals surface area contributed by atoms with Gasteiger partial charge in [0.2, 0.25) is 5.89 Å². The molecule has 0 saturated carbocycles. The molecule has 25 heavy (non-hydrogen) atoms. The lowest BCUT2D eigenvalue weighted by Gasteiger charge is -2.17. The molecule has 0 bridgehead atoms. The molecular formula is C17H10BrF2N3O2. The van der Waals surface area contributed by atoms with Crippen LogP contribution in [0.3, 0.4) is 0 Å². The van der Waals surface area contributed by atoms with E-state index < -0.39 is 12.3 Å². The number of rotatable bonds is 3. The van der Waals surface area contributed by atoms with Crippen LogP contribution in [-0.4, -0.2) is 16.1 Å². The van der Waals surface area contributed by atoms with Crippen LogP contribution in [0.15, 0.2) is 51.4 Å². The molecule has 0 saturated heterocycles. The Balaban J connectivity index is 1.69. The standard InChI is InChI=1S/C17H10BrF2N3O2/c18-12-3-1-2-4-13(12)23-8-10-6-5-9(7-11(10)17(23)24)15-21-22-16(25-15)14(19)20/h1-7,14H,8H2. The average Bonchev–Trinajstić information content (AvgIpc) is 3.21. The van der Waals surface area contributed by atoms with Crippen LogP contribution in [0.25, 0.3) is 11.5 Å². The highest BCUT2D eigenvalue weighted by Gasteiger charge is 2.30. The molecule has 0 fully saturated rings. The van der Waals surface area contributed by atoms with E-state index in [2.05, 4.69) is 26.1 Å². The molecule has 1 aromatic heterocycles. The van der Waals surface area contributed by atoms with Gasteiger partial charge >= 0.3 is 6.43 Å². The number of carbonyl (C=O) groups is 1. The summed E-state index contributed by atoms with van der Waals surface area (Å²) in [7, 11) is 0. The second kappa shape index (κ2) is 6.03. The number of nitrogens with zero attached hydrogens (tertiary/aromatic N) is 3. The molecule has 0 N–H and O–H groups in total. The van der Waals surface area contributed by atoms with Gasteiger partial charge in [-0.05, 0) is 45.8 Å². The van der Waals surface area contributed by atoms with Gasteiger partial charge in [-0.2, -0.15) is 8.78 Å². The van der Waals surface area contributed by atoms with Gasteiger partial charge in [-0.1, -0.05) is 18.2 Å². The Morgan fingerprint density at radius 3 is 2.68 bits per heavy atom. The number of para-hydroxylation sites is 1. The summed E-state index contributed by atoms with van der Waals surface area (Å²) < 4.78 is 31.0. The quantitative estimate of drug-likeness (QED) is 0.638. The zero-order valence-electron chi connectivity index (χ0n) is 12.6. The second-order valence-electron chi connectivity index (χ2n) is 5.46. The van der Waals surface area contributed by atoms with Crippen LogP contribution in [0.1, 0.15) is 28.2 Å². The van der Waals surface area contributed by atoms with Crippen LogP contribution in [0.4, 0.5) is 14.5 Å². The molecule has 0 unspecified atom stereocenters. The predicted molar refractivity (Wildman–Crippen MR) is 89.3 cm³/mol. The van der Waals surface area contributed by atoms with E-state index in [1.807, 2.05) is 24.3 Å². The van der Waals surface area contributed by atoms with Crippen LogP contribution < -0.4 is 4.90 Å². The topological polar surface area (TPSA) is 59.2 Å². The number of hydrogen-bond acceptors (Lipinski definition) is 4. The molecule has 4 rings (SSSR count). The Morgan fingerprint density at radius 2 is 1.96 bits per heavy atom. The first-order valence-corrected chi connectivity index (χ1v) is 8.15. The molecule has 0 aliphatic carbocycles. The Morgan fingerprint density at radius 1 is 1.16 bits per heavy atom. The van der Waals surface area contributed by atoms with Crippen molar-refractivity contribution in [1.29, 1.82) is 0 Å². The summed E-state index contributed by atoms with van der Waals surface area (Å²) in [6, 6.07) is 12.5. The first-order valence-electron chi connectivity index (χ1n) is 7.36. The van der Waals surface area contributed by atoms with Gasteiger partial charge in [0, 0.05) is 15.6 Å². The number of aromatic nitrogens is 2. The number of hydrogen-bond donors (Lipinski definition) is 0. The van der Waals surface area contributed by atoms with Crippen molar-refractivity contribution < 1.29 is 18.0 Å². The third kappa shape index (κ3) is 2.72. The van der Waals surface area contributed by atoms with Crippen molar-refractivity contribution in [2.75, 3.05) is 4.90 Å². The minimum absolute atomic E-state index is 0.0368. The van der Waals surface area contributed by atoms with Gasteiger partial charge in [0.25, 0.3) is 11.8 Å². The van der Waals surface area contributed by atoms with Crippen LogP contribution >= 0.6 is 15.9 Å². The van der Waals surface area contributed by atoms with Gasteiger partial charge in [0.05, 0.1) is 12.2 Å². The van der Waals surface area contributed by atoms with Crippen LogP contribution in [0.2, 0.25) is 0 Å².